The SMILES string of the molecule is CCN(C)C(=O)Nc1onc(C)c1C. The zero-order chi connectivity index (χ0) is 10.7. The number of nitrogens with one attached hydrogen (secondary N) is 1. The molecule has 0 fully saturated rings. The number of nitrogens with zero attached hydrogens (tertiary/aromatic N) is 2. The van der Waals surface area contributed by atoms with Gasteiger partial charge < -0.3 is 9.42 Å². The lowest BCUT2D eigenvalue weighted by molar-refractivity contribution is 0.223. The van der Waals surface area contributed by atoms with Crippen molar-refractivity contribution in [3.63, 3.8) is 0 Å². The van der Waals surface area contributed by atoms with Gasteiger partial charge in [0.2, 0.25) is 5.88 Å². The molecule has 0 aliphatic rings. The zero-order valence-corrected chi connectivity index (χ0v) is 8.92. The fourth-order valence-electron chi connectivity index (χ4n) is 0.868. The molecule has 5 nitrogen and oxygen atoms in total. The number of urea groups is 1. The molecule has 0 saturated heterocycles. The Bertz CT molecular complexity index is 333. The van der Waals surface area contributed by atoms with E-state index in [9.17, 15) is 4.79 Å². The van der Waals surface area contributed by atoms with Crippen LogP contribution in [0.4, 0.5) is 10.7 Å². The standard InChI is InChI=1S/C9H15N3O2/c1-5-12(4)9(13)10-8-6(2)7(3)11-14-8/h5H2,1-4H3,(H,10,13). The van der Waals surface area contributed by atoms with Crippen LogP contribution < -0.4 is 5.32 Å². The molecule has 1 aromatic rings. The van der Waals surface area contributed by atoms with Crippen LogP contribution in [0.5, 0.6) is 0 Å². The average Bonchev–Trinajstić information content (AvgIpc) is 2.48. The predicted molar refractivity (Wildman–Crippen MR) is 53.3 cm³/mol. The van der Waals surface area contributed by atoms with E-state index in [0.29, 0.717) is 12.4 Å². The Morgan fingerprint density at radius 3 is 2.64 bits per heavy atom. The van der Waals surface area contributed by atoms with Gasteiger partial charge in [0, 0.05) is 19.2 Å². The second kappa shape index (κ2) is 4.13. The van der Waals surface area contributed by atoms with E-state index in [4.69, 9.17) is 4.52 Å². The van der Waals surface area contributed by atoms with E-state index in [0.717, 1.165) is 11.3 Å². The molecule has 0 atom stereocenters. The molecule has 0 aromatic carbocycles. The molecule has 5 heteroatoms. The smallest absolute Gasteiger partial charge is 0.323 e. The average molecular weight is 197 g/mol. The van der Waals surface area contributed by atoms with Gasteiger partial charge in [-0.2, -0.15) is 0 Å². The van der Waals surface area contributed by atoms with E-state index >= 15 is 0 Å². The third-order valence-electron chi connectivity index (χ3n) is 2.20. The van der Waals surface area contributed by atoms with Gasteiger partial charge in [-0.05, 0) is 20.8 Å². The van der Waals surface area contributed by atoms with Crippen molar-refractivity contribution in [3.05, 3.63) is 11.3 Å². The highest BCUT2D eigenvalue weighted by Gasteiger charge is 2.13. The van der Waals surface area contributed by atoms with Crippen LogP contribution in [0.15, 0.2) is 4.52 Å². The molecule has 78 valence electrons. The molecule has 2 amide bonds. The minimum Gasteiger partial charge on any atom is -0.338 e. The van der Waals surface area contributed by atoms with Crippen molar-refractivity contribution < 1.29 is 9.32 Å². The molecule has 0 saturated carbocycles. The van der Waals surface area contributed by atoms with Gasteiger partial charge in [0.1, 0.15) is 0 Å². The van der Waals surface area contributed by atoms with Gasteiger partial charge in [-0.3, -0.25) is 5.32 Å². The normalized spacial score (nSPS) is 10.0. The van der Waals surface area contributed by atoms with E-state index in [1.807, 2.05) is 20.8 Å². The molecule has 0 unspecified atom stereocenters. The van der Waals surface area contributed by atoms with Crippen LogP contribution in [0, 0.1) is 13.8 Å². The summed E-state index contributed by atoms with van der Waals surface area (Å²) in [5, 5.41) is 6.39. The molecular formula is C9H15N3O2. The molecule has 14 heavy (non-hydrogen) atoms. The number of anilines is 1. The Kier molecular flexibility index (Phi) is 3.11. The third-order valence-corrected chi connectivity index (χ3v) is 2.20. The van der Waals surface area contributed by atoms with Crippen LogP contribution in [0.2, 0.25) is 0 Å². The van der Waals surface area contributed by atoms with E-state index in [-0.39, 0.29) is 6.03 Å². The molecule has 1 N–H and O–H groups in total. The van der Waals surface area contributed by atoms with Gasteiger partial charge in [0.15, 0.2) is 0 Å². The van der Waals surface area contributed by atoms with Crippen molar-refractivity contribution in [3.8, 4) is 0 Å². The minimum absolute atomic E-state index is 0.188. The van der Waals surface area contributed by atoms with Gasteiger partial charge in [-0.25, -0.2) is 4.79 Å². The predicted octanol–water partition coefficient (Wildman–Crippen LogP) is 1.78. The summed E-state index contributed by atoms with van der Waals surface area (Å²) in [7, 11) is 1.72. The summed E-state index contributed by atoms with van der Waals surface area (Å²) in [4.78, 5) is 13.0. The van der Waals surface area contributed by atoms with Crippen LogP contribution in [-0.2, 0) is 0 Å². The first-order valence-corrected chi connectivity index (χ1v) is 4.51. The maximum atomic E-state index is 11.4. The van der Waals surface area contributed by atoms with Crippen LogP contribution in [-0.4, -0.2) is 29.7 Å². The number of hydrogen-bond acceptors (Lipinski definition) is 3. The molecule has 0 radical (unpaired) electrons. The lowest BCUT2D eigenvalue weighted by Crippen LogP contribution is -2.30. The first-order valence-electron chi connectivity index (χ1n) is 4.51. The monoisotopic (exact) mass is 197 g/mol. The Morgan fingerprint density at radius 1 is 1.57 bits per heavy atom. The third kappa shape index (κ3) is 2.04. The zero-order valence-electron chi connectivity index (χ0n) is 8.92. The van der Waals surface area contributed by atoms with Gasteiger partial charge in [0.25, 0.3) is 0 Å². The maximum absolute atomic E-state index is 11.4. The molecule has 1 rings (SSSR count). The fraction of sp³-hybridized carbons (Fsp3) is 0.556. The van der Waals surface area contributed by atoms with Crippen molar-refractivity contribution in [1.29, 1.82) is 0 Å². The van der Waals surface area contributed by atoms with Crippen molar-refractivity contribution in [2.75, 3.05) is 18.9 Å². The summed E-state index contributed by atoms with van der Waals surface area (Å²) in [6.07, 6.45) is 0. The van der Waals surface area contributed by atoms with Crippen LogP contribution >= 0.6 is 0 Å². The summed E-state index contributed by atoms with van der Waals surface area (Å²) in [6, 6.07) is -0.188. The highest BCUT2D eigenvalue weighted by atomic mass is 16.5. The van der Waals surface area contributed by atoms with Crippen molar-refractivity contribution in [2.45, 2.75) is 20.8 Å². The van der Waals surface area contributed by atoms with Crippen LogP contribution in [0.25, 0.3) is 0 Å². The van der Waals surface area contributed by atoms with Gasteiger partial charge in [0.05, 0.1) is 5.69 Å². The van der Waals surface area contributed by atoms with Crippen molar-refractivity contribution >= 4 is 11.9 Å². The Morgan fingerprint density at radius 2 is 2.21 bits per heavy atom. The summed E-state index contributed by atoms with van der Waals surface area (Å²) in [5.41, 5.74) is 1.65. The van der Waals surface area contributed by atoms with Crippen molar-refractivity contribution in [1.82, 2.24) is 10.1 Å². The first kappa shape index (κ1) is 10.6. The van der Waals surface area contributed by atoms with Gasteiger partial charge in [-0.15, -0.1) is 0 Å². The molecule has 1 aromatic heterocycles. The Balaban J connectivity index is 2.70. The van der Waals surface area contributed by atoms with E-state index in [1.165, 1.54) is 0 Å². The largest absolute Gasteiger partial charge is 0.338 e. The second-order valence-electron chi connectivity index (χ2n) is 3.17. The summed E-state index contributed by atoms with van der Waals surface area (Å²) in [6.45, 7) is 6.24. The number of carbonyl (C=O) groups excluding carboxylic acids is 1. The van der Waals surface area contributed by atoms with Crippen molar-refractivity contribution in [2.24, 2.45) is 0 Å². The molecule has 1 heterocycles. The highest BCUT2D eigenvalue weighted by Crippen LogP contribution is 2.17. The molecule has 0 spiro atoms. The molecule has 0 aliphatic heterocycles. The number of hydrogen-bond donors (Lipinski definition) is 1. The highest BCUT2D eigenvalue weighted by molar-refractivity contribution is 5.88. The molecule has 0 bridgehead atoms. The number of aromatic nitrogens is 1. The van der Waals surface area contributed by atoms with Crippen LogP contribution in [0.3, 0.4) is 0 Å². The first-order chi connectivity index (χ1) is 6.56. The Hall–Kier alpha value is -1.52. The number of rotatable bonds is 2. The number of carbonyl (C=O) groups is 1. The fourth-order valence-corrected chi connectivity index (χ4v) is 0.868. The van der Waals surface area contributed by atoms with E-state index < -0.39 is 0 Å². The summed E-state index contributed by atoms with van der Waals surface area (Å²) >= 11 is 0. The number of aryl methyl sites for hydroxylation is 1. The molecule has 0 aliphatic carbocycles. The second-order valence-corrected chi connectivity index (χ2v) is 3.17. The quantitative estimate of drug-likeness (QED) is 0.786. The van der Waals surface area contributed by atoms with E-state index in [1.54, 1.807) is 11.9 Å². The summed E-state index contributed by atoms with van der Waals surface area (Å²) < 4.78 is 4.95. The summed E-state index contributed by atoms with van der Waals surface area (Å²) in [5.74, 6) is 0.424. The minimum atomic E-state index is -0.188. The topological polar surface area (TPSA) is 58.4 Å². The van der Waals surface area contributed by atoms with Crippen LogP contribution in [0.1, 0.15) is 18.2 Å². The lowest BCUT2D eigenvalue weighted by atomic mass is 10.3. The molecular weight excluding hydrogens is 182 g/mol. The van der Waals surface area contributed by atoms with E-state index in [2.05, 4.69) is 10.5 Å². The lowest BCUT2D eigenvalue weighted by Gasteiger charge is -2.13. The number of amides is 2. The maximum Gasteiger partial charge on any atom is 0.323 e. The van der Waals surface area contributed by atoms with Gasteiger partial charge in [-0.1, -0.05) is 5.16 Å². The Labute approximate surface area is 83.1 Å². The van der Waals surface area contributed by atoms with Gasteiger partial charge >= 0.3 is 6.03 Å².